The zero-order valence-corrected chi connectivity index (χ0v) is 8.72. The maximum absolute atomic E-state index is 12.8. The summed E-state index contributed by atoms with van der Waals surface area (Å²) in [4.78, 5) is 11.6. The fourth-order valence-corrected chi connectivity index (χ4v) is 1.24. The maximum atomic E-state index is 12.8. The van der Waals surface area contributed by atoms with Crippen LogP contribution < -0.4 is 11.1 Å². The van der Waals surface area contributed by atoms with E-state index in [-0.39, 0.29) is 11.5 Å². The van der Waals surface area contributed by atoms with Crippen molar-refractivity contribution < 1.29 is 9.18 Å². The van der Waals surface area contributed by atoms with Crippen LogP contribution in [0, 0.1) is 5.82 Å². The van der Waals surface area contributed by atoms with Gasteiger partial charge in [-0.1, -0.05) is 6.92 Å². The highest BCUT2D eigenvalue weighted by Gasteiger charge is 2.07. The Balaban J connectivity index is 2.62. The first kappa shape index (κ1) is 11.7. The van der Waals surface area contributed by atoms with Crippen molar-refractivity contribution in [1.82, 2.24) is 5.32 Å². The minimum Gasteiger partial charge on any atom is -0.396 e. The quantitative estimate of drug-likeness (QED) is 0.441. The van der Waals surface area contributed by atoms with Crippen molar-refractivity contribution in [3.8, 4) is 0 Å². The smallest absolute Gasteiger partial charge is 0.164 e. The predicted molar refractivity (Wildman–Crippen MR) is 58.3 cm³/mol. The molecule has 1 rings (SSSR count). The molecule has 3 N–H and O–H groups in total. The molecule has 0 atom stereocenters. The Morgan fingerprint density at radius 3 is 2.87 bits per heavy atom. The fourth-order valence-electron chi connectivity index (χ4n) is 1.24. The molecule has 0 aromatic heterocycles. The summed E-state index contributed by atoms with van der Waals surface area (Å²) in [5, 5.41) is 3.05. The first-order valence-corrected chi connectivity index (χ1v) is 4.94. The van der Waals surface area contributed by atoms with Crippen molar-refractivity contribution in [2.75, 3.05) is 18.8 Å². The molecule has 0 fully saturated rings. The van der Waals surface area contributed by atoms with E-state index in [1.54, 1.807) is 0 Å². The molecular formula is C11H15FN2O. The van der Waals surface area contributed by atoms with E-state index in [2.05, 4.69) is 5.32 Å². The Labute approximate surface area is 88.5 Å². The standard InChI is InChI=1S/C11H15FN2O/c1-2-14-6-5-11(15)8-3-4-9(12)10(13)7-8/h3-4,7,14H,2,5-6,13H2,1H3. The van der Waals surface area contributed by atoms with Crippen LogP contribution in [-0.4, -0.2) is 18.9 Å². The minimum atomic E-state index is -0.488. The Morgan fingerprint density at radius 1 is 1.53 bits per heavy atom. The monoisotopic (exact) mass is 210 g/mol. The van der Waals surface area contributed by atoms with Gasteiger partial charge in [-0.15, -0.1) is 0 Å². The molecule has 0 aliphatic heterocycles. The van der Waals surface area contributed by atoms with Gasteiger partial charge in [0, 0.05) is 18.5 Å². The molecule has 0 saturated carbocycles. The molecule has 0 aliphatic carbocycles. The first-order chi connectivity index (χ1) is 7.15. The number of hydrogen-bond donors (Lipinski definition) is 2. The molecule has 82 valence electrons. The third-order valence-electron chi connectivity index (χ3n) is 2.10. The molecular weight excluding hydrogens is 195 g/mol. The molecule has 3 nitrogen and oxygen atoms in total. The van der Waals surface area contributed by atoms with Gasteiger partial charge < -0.3 is 11.1 Å². The summed E-state index contributed by atoms with van der Waals surface area (Å²) in [6.07, 6.45) is 0.402. The van der Waals surface area contributed by atoms with Crippen molar-refractivity contribution in [2.45, 2.75) is 13.3 Å². The summed E-state index contributed by atoms with van der Waals surface area (Å²) in [6, 6.07) is 4.05. The average molecular weight is 210 g/mol. The first-order valence-electron chi connectivity index (χ1n) is 4.94. The van der Waals surface area contributed by atoms with Gasteiger partial charge in [0.05, 0.1) is 5.69 Å². The second-order valence-corrected chi connectivity index (χ2v) is 3.26. The van der Waals surface area contributed by atoms with Gasteiger partial charge in [-0.05, 0) is 24.7 Å². The van der Waals surface area contributed by atoms with Gasteiger partial charge in [0.25, 0.3) is 0 Å². The van der Waals surface area contributed by atoms with Crippen LogP contribution in [0.2, 0.25) is 0 Å². The number of ketones is 1. The number of Topliss-reactive ketones (excluding diaryl/α,β-unsaturated/α-hetero) is 1. The van der Waals surface area contributed by atoms with Crippen molar-refractivity contribution in [2.24, 2.45) is 0 Å². The molecule has 0 spiro atoms. The van der Waals surface area contributed by atoms with Gasteiger partial charge >= 0.3 is 0 Å². The predicted octanol–water partition coefficient (Wildman–Crippen LogP) is 1.59. The molecule has 0 radical (unpaired) electrons. The van der Waals surface area contributed by atoms with Gasteiger partial charge in [0.15, 0.2) is 5.78 Å². The minimum absolute atomic E-state index is 0.0179. The van der Waals surface area contributed by atoms with Crippen LogP contribution in [0.3, 0.4) is 0 Å². The average Bonchev–Trinajstić information content (AvgIpc) is 2.22. The number of hydrogen-bond acceptors (Lipinski definition) is 3. The molecule has 0 heterocycles. The molecule has 0 saturated heterocycles. The van der Waals surface area contributed by atoms with Gasteiger partial charge in [-0.3, -0.25) is 4.79 Å². The summed E-state index contributed by atoms with van der Waals surface area (Å²) in [6.45, 7) is 3.44. The Morgan fingerprint density at radius 2 is 2.27 bits per heavy atom. The number of benzene rings is 1. The zero-order chi connectivity index (χ0) is 11.3. The van der Waals surface area contributed by atoms with Crippen molar-refractivity contribution >= 4 is 11.5 Å². The topological polar surface area (TPSA) is 55.1 Å². The number of rotatable bonds is 5. The lowest BCUT2D eigenvalue weighted by Crippen LogP contribution is -2.17. The van der Waals surface area contributed by atoms with Gasteiger partial charge in [0.2, 0.25) is 0 Å². The summed E-state index contributed by atoms with van der Waals surface area (Å²) >= 11 is 0. The summed E-state index contributed by atoms with van der Waals surface area (Å²) in [5.74, 6) is -0.513. The summed E-state index contributed by atoms with van der Waals surface area (Å²) in [5.41, 5.74) is 5.85. The second kappa shape index (κ2) is 5.46. The van der Waals surface area contributed by atoms with Crippen LogP contribution in [0.5, 0.6) is 0 Å². The van der Waals surface area contributed by atoms with Gasteiger partial charge in [-0.2, -0.15) is 0 Å². The largest absolute Gasteiger partial charge is 0.396 e. The van der Waals surface area contributed by atoms with Crippen LogP contribution >= 0.6 is 0 Å². The number of nitrogen functional groups attached to an aromatic ring is 1. The second-order valence-electron chi connectivity index (χ2n) is 3.26. The van der Waals surface area contributed by atoms with Crippen LogP contribution in [-0.2, 0) is 0 Å². The summed E-state index contributed by atoms with van der Waals surface area (Å²) in [7, 11) is 0. The number of anilines is 1. The van der Waals surface area contributed by atoms with Crippen molar-refractivity contribution in [3.63, 3.8) is 0 Å². The van der Waals surface area contributed by atoms with E-state index < -0.39 is 5.82 Å². The third kappa shape index (κ3) is 3.32. The van der Waals surface area contributed by atoms with Crippen LogP contribution in [0.15, 0.2) is 18.2 Å². The van der Waals surface area contributed by atoms with Crippen LogP contribution in [0.4, 0.5) is 10.1 Å². The van der Waals surface area contributed by atoms with Crippen molar-refractivity contribution in [1.29, 1.82) is 0 Å². The molecule has 0 amide bonds. The van der Waals surface area contributed by atoms with Gasteiger partial charge in [-0.25, -0.2) is 4.39 Å². The van der Waals surface area contributed by atoms with E-state index in [1.165, 1.54) is 18.2 Å². The van der Waals surface area contributed by atoms with E-state index in [9.17, 15) is 9.18 Å². The zero-order valence-electron chi connectivity index (χ0n) is 8.72. The Hall–Kier alpha value is -1.42. The molecule has 4 heteroatoms. The molecule has 0 unspecified atom stereocenters. The number of nitrogens with one attached hydrogen (secondary N) is 1. The highest BCUT2D eigenvalue weighted by molar-refractivity contribution is 5.96. The number of nitrogens with two attached hydrogens (primary N) is 1. The molecule has 0 bridgehead atoms. The molecule has 1 aromatic carbocycles. The van der Waals surface area contributed by atoms with E-state index in [0.29, 0.717) is 18.5 Å². The fraction of sp³-hybridized carbons (Fsp3) is 0.364. The maximum Gasteiger partial charge on any atom is 0.164 e. The van der Waals surface area contributed by atoms with E-state index >= 15 is 0 Å². The number of carbonyl (C=O) groups excluding carboxylic acids is 1. The Kier molecular flexibility index (Phi) is 4.24. The lowest BCUT2D eigenvalue weighted by molar-refractivity contribution is 0.0983. The lowest BCUT2D eigenvalue weighted by Gasteiger charge is -2.03. The molecule has 15 heavy (non-hydrogen) atoms. The third-order valence-corrected chi connectivity index (χ3v) is 2.10. The van der Waals surface area contributed by atoms with Crippen molar-refractivity contribution in [3.05, 3.63) is 29.6 Å². The highest BCUT2D eigenvalue weighted by Crippen LogP contribution is 2.13. The molecule has 0 aliphatic rings. The molecule has 1 aromatic rings. The van der Waals surface area contributed by atoms with E-state index in [0.717, 1.165) is 6.54 Å². The lowest BCUT2D eigenvalue weighted by atomic mass is 10.1. The van der Waals surface area contributed by atoms with E-state index in [4.69, 9.17) is 5.73 Å². The number of halogens is 1. The normalized spacial score (nSPS) is 10.3. The van der Waals surface area contributed by atoms with E-state index in [1.807, 2.05) is 6.92 Å². The van der Waals surface area contributed by atoms with Crippen LogP contribution in [0.25, 0.3) is 0 Å². The van der Waals surface area contributed by atoms with Crippen LogP contribution in [0.1, 0.15) is 23.7 Å². The Bertz CT molecular complexity index is 352. The van der Waals surface area contributed by atoms with Gasteiger partial charge in [0.1, 0.15) is 5.82 Å². The summed E-state index contributed by atoms with van der Waals surface area (Å²) < 4.78 is 12.8. The SMILES string of the molecule is CCNCCC(=O)c1ccc(F)c(N)c1. The highest BCUT2D eigenvalue weighted by atomic mass is 19.1. The number of carbonyl (C=O) groups is 1.